The van der Waals surface area contributed by atoms with Crippen molar-refractivity contribution < 1.29 is 8.78 Å². The molecule has 0 aromatic heterocycles. The van der Waals surface area contributed by atoms with Crippen LogP contribution in [0.5, 0.6) is 0 Å². The molecule has 0 saturated heterocycles. The van der Waals surface area contributed by atoms with Crippen LogP contribution in [0, 0.1) is 0 Å². The molecule has 0 aliphatic carbocycles. The van der Waals surface area contributed by atoms with Gasteiger partial charge in [0.1, 0.15) is 0 Å². The van der Waals surface area contributed by atoms with E-state index < -0.39 is 12.5 Å². The van der Waals surface area contributed by atoms with Crippen molar-refractivity contribution in [3.8, 4) is 0 Å². The van der Waals surface area contributed by atoms with Crippen molar-refractivity contribution in [2.24, 2.45) is 5.73 Å². The molecule has 1 rings (SSSR count). The molecular formula is C11H16F2N2. The molecule has 0 radical (unpaired) electrons. The Kier molecular flexibility index (Phi) is 4.17. The molecule has 1 unspecified atom stereocenters. The Labute approximate surface area is 88.7 Å². The van der Waals surface area contributed by atoms with Crippen molar-refractivity contribution in [1.29, 1.82) is 0 Å². The topological polar surface area (TPSA) is 29.3 Å². The van der Waals surface area contributed by atoms with Crippen molar-refractivity contribution in [2.75, 3.05) is 14.1 Å². The molecule has 1 aromatic rings. The zero-order valence-corrected chi connectivity index (χ0v) is 8.95. The molecule has 0 heterocycles. The first-order valence-electron chi connectivity index (χ1n) is 4.78. The molecule has 0 fully saturated rings. The molecule has 0 aliphatic heterocycles. The van der Waals surface area contributed by atoms with Crippen LogP contribution in [0.2, 0.25) is 0 Å². The third kappa shape index (κ3) is 3.57. The molecule has 15 heavy (non-hydrogen) atoms. The standard InChI is InChI=1S/C11H16F2N2/c1-15(2)7-8-4-3-5-9(6-8)10(14)11(12)13/h3-6,10-11H,7,14H2,1-2H3. The summed E-state index contributed by atoms with van der Waals surface area (Å²) in [4.78, 5) is 1.98. The number of rotatable bonds is 4. The lowest BCUT2D eigenvalue weighted by molar-refractivity contribution is 0.116. The fourth-order valence-corrected chi connectivity index (χ4v) is 1.41. The first kappa shape index (κ1) is 12.1. The number of halogens is 2. The monoisotopic (exact) mass is 214 g/mol. The van der Waals surface area contributed by atoms with Gasteiger partial charge in [-0.3, -0.25) is 0 Å². The van der Waals surface area contributed by atoms with Crippen LogP contribution in [0.4, 0.5) is 8.78 Å². The first-order chi connectivity index (χ1) is 7.00. The molecule has 0 saturated carbocycles. The van der Waals surface area contributed by atoms with Crippen LogP contribution >= 0.6 is 0 Å². The summed E-state index contributed by atoms with van der Waals surface area (Å²) in [7, 11) is 3.86. The summed E-state index contributed by atoms with van der Waals surface area (Å²) in [5.74, 6) is 0. The van der Waals surface area contributed by atoms with Crippen LogP contribution in [0.25, 0.3) is 0 Å². The second-order valence-corrected chi connectivity index (χ2v) is 3.84. The maximum absolute atomic E-state index is 12.4. The number of nitrogens with two attached hydrogens (primary N) is 1. The maximum atomic E-state index is 12.4. The van der Waals surface area contributed by atoms with Crippen LogP contribution in [0.1, 0.15) is 17.2 Å². The fraction of sp³-hybridized carbons (Fsp3) is 0.455. The first-order valence-corrected chi connectivity index (χ1v) is 4.78. The van der Waals surface area contributed by atoms with E-state index in [1.165, 1.54) is 0 Å². The minimum atomic E-state index is -2.51. The van der Waals surface area contributed by atoms with Gasteiger partial charge in [0, 0.05) is 6.54 Å². The van der Waals surface area contributed by atoms with Crippen LogP contribution in [-0.2, 0) is 6.54 Å². The van der Waals surface area contributed by atoms with Crippen LogP contribution in [0.3, 0.4) is 0 Å². The molecular weight excluding hydrogens is 198 g/mol. The Hall–Kier alpha value is -1.00. The summed E-state index contributed by atoms with van der Waals surface area (Å²) in [5.41, 5.74) is 6.86. The lowest BCUT2D eigenvalue weighted by Gasteiger charge is -2.14. The van der Waals surface area contributed by atoms with Gasteiger partial charge in [0.25, 0.3) is 6.43 Å². The number of alkyl halides is 2. The second-order valence-electron chi connectivity index (χ2n) is 3.84. The molecule has 4 heteroatoms. The fourth-order valence-electron chi connectivity index (χ4n) is 1.41. The van der Waals surface area contributed by atoms with Crippen molar-refractivity contribution in [3.63, 3.8) is 0 Å². The predicted molar refractivity (Wildman–Crippen MR) is 56.8 cm³/mol. The summed E-state index contributed by atoms with van der Waals surface area (Å²) < 4.78 is 24.7. The van der Waals surface area contributed by atoms with E-state index in [2.05, 4.69) is 0 Å². The average molecular weight is 214 g/mol. The highest BCUT2D eigenvalue weighted by Crippen LogP contribution is 2.19. The number of hydrogen-bond donors (Lipinski definition) is 1. The number of nitrogens with zero attached hydrogens (tertiary/aromatic N) is 1. The zero-order valence-electron chi connectivity index (χ0n) is 8.95. The van der Waals surface area contributed by atoms with E-state index in [1.54, 1.807) is 18.2 Å². The van der Waals surface area contributed by atoms with Gasteiger partial charge in [-0.05, 0) is 25.2 Å². The molecule has 84 valence electrons. The Morgan fingerprint density at radius 3 is 2.53 bits per heavy atom. The van der Waals surface area contributed by atoms with Gasteiger partial charge in [-0.15, -0.1) is 0 Å². The Morgan fingerprint density at radius 2 is 2.00 bits per heavy atom. The van der Waals surface area contributed by atoms with Gasteiger partial charge in [0.2, 0.25) is 0 Å². The molecule has 0 spiro atoms. The quantitative estimate of drug-likeness (QED) is 0.830. The minimum absolute atomic E-state index is 0.490. The normalized spacial score (nSPS) is 13.5. The molecule has 0 amide bonds. The van der Waals surface area contributed by atoms with E-state index in [9.17, 15) is 8.78 Å². The number of benzene rings is 1. The summed E-state index contributed by atoms with van der Waals surface area (Å²) in [5, 5.41) is 0. The van der Waals surface area contributed by atoms with E-state index in [-0.39, 0.29) is 0 Å². The molecule has 2 N–H and O–H groups in total. The van der Waals surface area contributed by atoms with Gasteiger partial charge in [-0.1, -0.05) is 24.3 Å². The Balaban J connectivity index is 2.82. The molecule has 1 atom stereocenters. The molecule has 0 bridgehead atoms. The maximum Gasteiger partial charge on any atom is 0.257 e. The lowest BCUT2D eigenvalue weighted by atomic mass is 10.0. The predicted octanol–water partition coefficient (Wildman–Crippen LogP) is 2.01. The van der Waals surface area contributed by atoms with Gasteiger partial charge in [-0.2, -0.15) is 0 Å². The van der Waals surface area contributed by atoms with Gasteiger partial charge >= 0.3 is 0 Å². The third-order valence-corrected chi connectivity index (χ3v) is 2.11. The Bertz CT molecular complexity index is 313. The third-order valence-electron chi connectivity index (χ3n) is 2.11. The van der Waals surface area contributed by atoms with Crippen molar-refractivity contribution >= 4 is 0 Å². The smallest absolute Gasteiger partial charge is 0.257 e. The van der Waals surface area contributed by atoms with Gasteiger partial charge < -0.3 is 10.6 Å². The highest BCUT2D eigenvalue weighted by atomic mass is 19.3. The highest BCUT2D eigenvalue weighted by molar-refractivity contribution is 5.26. The lowest BCUT2D eigenvalue weighted by Crippen LogP contribution is -2.19. The summed E-state index contributed by atoms with van der Waals surface area (Å²) >= 11 is 0. The van der Waals surface area contributed by atoms with Crippen LogP contribution < -0.4 is 5.73 Å². The van der Waals surface area contributed by atoms with Crippen LogP contribution in [-0.4, -0.2) is 25.4 Å². The van der Waals surface area contributed by atoms with E-state index in [1.807, 2.05) is 25.1 Å². The molecule has 2 nitrogen and oxygen atoms in total. The average Bonchev–Trinajstić information content (AvgIpc) is 2.16. The second kappa shape index (κ2) is 5.19. The SMILES string of the molecule is CN(C)Cc1cccc(C(N)C(F)F)c1. The minimum Gasteiger partial charge on any atom is -0.319 e. The number of hydrogen-bond acceptors (Lipinski definition) is 2. The van der Waals surface area contributed by atoms with Gasteiger partial charge in [0.15, 0.2) is 0 Å². The molecule has 0 aliphatic rings. The van der Waals surface area contributed by atoms with E-state index in [0.717, 1.165) is 12.1 Å². The summed E-state index contributed by atoms with van der Waals surface area (Å²) in [6.07, 6.45) is -2.51. The van der Waals surface area contributed by atoms with Crippen molar-refractivity contribution in [3.05, 3.63) is 35.4 Å². The molecule has 1 aromatic carbocycles. The van der Waals surface area contributed by atoms with Gasteiger partial charge in [-0.25, -0.2) is 8.78 Å². The van der Waals surface area contributed by atoms with Crippen molar-refractivity contribution in [2.45, 2.75) is 19.0 Å². The Morgan fingerprint density at radius 1 is 1.33 bits per heavy atom. The summed E-state index contributed by atoms with van der Waals surface area (Å²) in [6, 6.07) is 5.84. The van der Waals surface area contributed by atoms with E-state index in [4.69, 9.17) is 5.73 Å². The van der Waals surface area contributed by atoms with E-state index in [0.29, 0.717) is 5.56 Å². The highest BCUT2D eigenvalue weighted by Gasteiger charge is 2.17. The van der Waals surface area contributed by atoms with Crippen LogP contribution in [0.15, 0.2) is 24.3 Å². The largest absolute Gasteiger partial charge is 0.319 e. The van der Waals surface area contributed by atoms with Gasteiger partial charge in [0.05, 0.1) is 6.04 Å². The summed E-state index contributed by atoms with van der Waals surface area (Å²) in [6.45, 7) is 0.726. The van der Waals surface area contributed by atoms with Crippen molar-refractivity contribution in [1.82, 2.24) is 4.90 Å². The zero-order chi connectivity index (χ0) is 11.4. The van der Waals surface area contributed by atoms with E-state index >= 15 is 0 Å².